The van der Waals surface area contributed by atoms with Crippen molar-refractivity contribution in [1.29, 1.82) is 5.26 Å². The Morgan fingerprint density at radius 1 is 1.16 bits per heavy atom. The highest BCUT2D eigenvalue weighted by molar-refractivity contribution is 5.68. The number of hydrogen-bond donors (Lipinski definition) is 1. The number of rotatable bonds is 6. The molecule has 1 heterocycles. The number of nitrogens with zero attached hydrogens (tertiary/aromatic N) is 2. The van der Waals surface area contributed by atoms with Crippen molar-refractivity contribution < 1.29 is 13.9 Å². The second kappa shape index (κ2) is 10.1. The number of piperidine rings is 1. The topological polar surface area (TPSA) is 65.4 Å². The summed E-state index contributed by atoms with van der Waals surface area (Å²) in [6, 6.07) is 16.1. The average Bonchev–Trinajstić information content (AvgIpc) is 2.77. The highest BCUT2D eigenvalue weighted by Gasteiger charge is 2.38. The zero-order valence-electron chi connectivity index (χ0n) is 19.2. The highest BCUT2D eigenvalue weighted by atomic mass is 19.1. The summed E-state index contributed by atoms with van der Waals surface area (Å²) in [4.78, 5) is 15.1. The Morgan fingerprint density at radius 2 is 1.84 bits per heavy atom. The van der Waals surface area contributed by atoms with E-state index >= 15 is 0 Å². The van der Waals surface area contributed by atoms with E-state index in [0.29, 0.717) is 12.8 Å². The number of aryl methyl sites for hydroxylation is 1. The molecule has 0 unspecified atom stereocenters. The summed E-state index contributed by atoms with van der Waals surface area (Å²) < 4.78 is 19.2. The van der Waals surface area contributed by atoms with Crippen molar-refractivity contribution >= 4 is 6.09 Å². The predicted molar refractivity (Wildman–Crippen MR) is 122 cm³/mol. The Bertz CT molecular complexity index is 955. The van der Waals surface area contributed by atoms with E-state index in [4.69, 9.17) is 10.00 Å². The lowest BCUT2D eigenvalue weighted by molar-refractivity contribution is 0.0537. The van der Waals surface area contributed by atoms with E-state index < -0.39 is 17.4 Å². The summed E-state index contributed by atoms with van der Waals surface area (Å²) in [5, 5.41) is 12.3. The number of alkyl carbamates (subject to hydrolysis) is 1. The van der Waals surface area contributed by atoms with Gasteiger partial charge in [0.2, 0.25) is 0 Å². The fraction of sp³-hybridized carbons (Fsp3) is 0.462. The van der Waals surface area contributed by atoms with Crippen molar-refractivity contribution in [2.24, 2.45) is 0 Å². The summed E-state index contributed by atoms with van der Waals surface area (Å²) in [6.07, 6.45) is 2.52. The minimum absolute atomic E-state index is 0.0503. The molecule has 0 saturated carbocycles. The average molecular weight is 438 g/mol. The van der Waals surface area contributed by atoms with Crippen molar-refractivity contribution in [3.05, 3.63) is 71.0 Å². The van der Waals surface area contributed by atoms with Crippen molar-refractivity contribution in [2.45, 2.75) is 64.1 Å². The molecular formula is C26H32FN3O2. The van der Waals surface area contributed by atoms with Crippen LogP contribution in [0.4, 0.5) is 9.18 Å². The number of benzene rings is 2. The van der Waals surface area contributed by atoms with E-state index in [1.165, 1.54) is 6.07 Å². The van der Waals surface area contributed by atoms with Crippen LogP contribution >= 0.6 is 0 Å². The standard InChI is InChI=1S/C26H32FN3O2/c1-25(2,3)30-15-13-26(14-16-30,12-11-20-9-10-23(27)22(17-20)18-28)29-24(31)32-19-21-7-5-4-6-8-21/h4-10,17H,11-16,19H2,1-3H3,(H,29,31). The lowest BCUT2D eigenvalue weighted by Gasteiger charge is -2.46. The molecule has 6 heteroatoms. The zero-order chi connectivity index (χ0) is 23.2. The van der Waals surface area contributed by atoms with Gasteiger partial charge < -0.3 is 10.1 Å². The predicted octanol–water partition coefficient (Wildman–Crippen LogP) is 5.19. The van der Waals surface area contributed by atoms with Gasteiger partial charge >= 0.3 is 6.09 Å². The number of halogens is 1. The third-order valence-corrected chi connectivity index (χ3v) is 6.29. The number of carbonyl (C=O) groups excluding carboxylic acids is 1. The van der Waals surface area contributed by atoms with E-state index in [0.717, 1.165) is 37.1 Å². The number of nitriles is 1. The molecule has 2 aromatic rings. The van der Waals surface area contributed by atoms with E-state index in [2.05, 4.69) is 31.0 Å². The maximum Gasteiger partial charge on any atom is 0.407 e. The summed E-state index contributed by atoms with van der Waals surface area (Å²) in [5.41, 5.74) is 1.54. The monoisotopic (exact) mass is 437 g/mol. The summed E-state index contributed by atoms with van der Waals surface area (Å²) in [5.74, 6) is -0.507. The first-order valence-corrected chi connectivity index (χ1v) is 11.1. The smallest absolute Gasteiger partial charge is 0.407 e. The van der Waals surface area contributed by atoms with Crippen LogP contribution in [0.5, 0.6) is 0 Å². The third-order valence-electron chi connectivity index (χ3n) is 6.29. The minimum Gasteiger partial charge on any atom is -0.445 e. The maximum absolute atomic E-state index is 13.7. The quantitative estimate of drug-likeness (QED) is 0.675. The van der Waals surface area contributed by atoms with Gasteiger partial charge in [0.15, 0.2) is 0 Å². The van der Waals surface area contributed by atoms with Gasteiger partial charge in [0.05, 0.1) is 5.56 Å². The molecule has 5 nitrogen and oxygen atoms in total. The van der Waals surface area contributed by atoms with Crippen LogP contribution in [-0.2, 0) is 17.8 Å². The second-order valence-electron chi connectivity index (χ2n) is 9.55. The number of hydrogen-bond acceptors (Lipinski definition) is 4. The number of amides is 1. The summed E-state index contributed by atoms with van der Waals surface area (Å²) >= 11 is 0. The SMILES string of the molecule is CC(C)(C)N1CCC(CCc2ccc(F)c(C#N)c2)(NC(=O)OCc2ccccc2)CC1. The molecule has 1 aliphatic rings. The van der Waals surface area contributed by atoms with E-state index in [1.54, 1.807) is 12.1 Å². The van der Waals surface area contributed by atoms with Crippen molar-refractivity contribution in [1.82, 2.24) is 10.2 Å². The molecule has 1 aliphatic heterocycles. The van der Waals surface area contributed by atoms with Crippen molar-refractivity contribution in [3.63, 3.8) is 0 Å². The van der Waals surface area contributed by atoms with Crippen LogP contribution in [0.15, 0.2) is 48.5 Å². The molecule has 32 heavy (non-hydrogen) atoms. The number of carbonyl (C=O) groups is 1. The minimum atomic E-state index is -0.507. The molecular weight excluding hydrogens is 405 g/mol. The van der Waals surface area contributed by atoms with E-state index in [9.17, 15) is 9.18 Å². The van der Waals surface area contributed by atoms with Crippen LogP contribution in [0.1, 0.15) is 56.7 Å². The molecule has 0 atom stereocenters. The third kappa shape index (κ3) is 6.30. The first-order chi connectivity index (χ1) is 15.2. The van der Waals surface area contributed by atoms with Crippen LogP contribution in [0.25, 0.3) is 0 Å². The summed E-state index contributed by atoms with van der Waals surface area (Å²) in [7, 11) is 0. The second-order valence-corrected chi connectivity index (χ2v) is 9.55. The Balaban J connectivity index is 1.68. The molecule has 1 amide bonds. The number of likely N-dealkylation sites (tertiary alicyclic amines) is 1. The molecule has 0 aliphatic carbocycles. The van der Waals surface area contributed by atoms with Crippen LogP contribution in [0, 0.1) is 17.1 Å². The Kier molecular flexibility index (Phi) is 7.52. The van der Waals surface area contributed by atoms with Gasteiger partial charge in [0, 0.05) is 24.2 Å². The van der Waals surface area contributed by atoms with Crippen LogP contribution < -0.4 is 5.32 Å². The van der Waals surface area contributed by atoms with E-state index in [1.807, 2.05) is 36.4 Å². The van der Waals surface area contributed by atoms with Gasteiger partial charge in [-0.05, 0) is 69.7 Å². The molecule has 170 valence electrons. The van der Waals surface area contributed by atoms with Crippen LogP contribution in [-0.4, -0.2) is 35.2 Å². The van der Waals surface area contributed by atoms with Crippen LogP contribution in [0.2, 0.25) is 0 Å². The number of nitrogens with one attached hydrogen (secondary N) is 1. The van der Waals surface area contributed by atoms with Crippen molar-refractivity contribution in [2.75, 3.05) is 13.1 Å². The summed E-state index contributed by atoms with van der Waals surface area (Å²) in [6.45, 7) is 8.56. The Hall–Kier alpha value is -2.91. The molecule has 1 fully saturated rings. The van der Waals surface area contributed by atoms with Gasteiger partial charge in [0.25, 0.3) is 0 Å². The first-order valence-electron chi connectivity index (χ1n) is 11.1. The number of ether oxygens (including phenoxy) is 1. The maximum atomic E-state index is 13.7. The molecule has 3 rings (SSSR count). The highest BCUT2D eigenvalue weighted by Crippen LogP contribution is 2.31. The van der Waals surface area contributed by atoms with Gasteiger partial charge in [-0.25, -0.2) is 9.18 Å². The lowest BCUT2D eigenvalue weighted by atomic mass is 9.81. The van der Waals surface area contributed by atoms with E-state index in [-0.39, 0.29) is 17.7 Å². The van der Waals surface area contributed by atoms with Gasteiger partial charge in [-0.3, -0.25) is 4.90 Å². The van der Waals surface area contributed by atoms with Gasteiger partial charge in [-0.2, -0.15) is 5.26 Å². The van der Waals surface area contributed by atoms with Gasteiger partial charge in [-0.15, -0.1) is 0 Å². The fourth-order valence-corrected chi connectivity index (χ4v) is 4.22. The Morgan fingerprint density at radius 3 is 2.47 bits per heavy atom. The molecule has 0 aromatic heterocycles. The normalized spacial score (nSPS) is 16.2. The molecule has 1 saturated heterocycles. The Labute approximate surface area is 190 Å². The molecule has 0 bridgehead atoms. The zero-order valence-corrected chi connectivity index (χ0v) is 19.2. The largest absolute Gasteiger partial charge is 0.445 e. The molecule has 0 spiro atoms. The molecule has 0 radical (unpaired) electrons. The fourth-order valence-electron chi connectivity index (χ4n) is 4.22. The van der Waals surface area contributed by atoms with Gasteiger partial charge in [-0.1, -0.05) is 36.4 Å². The van der Waals surface area contributed by atoms with Crippen molar-refractivity contribution in [3.8, 4) is 6.07 Å². The lowest BCUT2D eigenvalue weighted by Crippen LogP contribution is -2.58. The van der Waals surface area contributed by atoms with Gasteiger partial charge in [0.1, 0.15) is 18.5 Å². The molecule has 1 N–H and O–H groups in total. The first kappa shape index (κ1) is 23.7. The molecule has 2 aromatic carbocycles. The van der Waals surface area contributed by atoms with Crippen LogP contribution in [0.3, 0.4) is 0 Å².